The zero-order valence-electron chi connectivity index (χ0n) is 17.2. The second-order valence-corrected chi connectivity index (χ2v) is 5.75. The summed E-state index contributed by atoms with van der Waals surface area (Å²) < 4.78 is 0. The molecule has 0 aliphatic carbocycles. The van der Waals surface area contributed by atoms with Crippen molar-refractivity contribution >= 4 is 24.5 Å². The van der Waals surface area contributed by atoms with Crippen molar-refractivity contribution in [2.45, 2.75) is 62.7 Å². The highest BCUT2D eigenvalue weighted by Gasteiger charge is 2.30. The molecule has 0 heterocycles. The lowest BCUT2D eigenvalue weighted by Gasteiger charge is -2.22. The smallest absolute Gasteiger partial charge is 0.300 e. The van der Waals surface area contributed by atoms with E-state index in [2.05, 4.69) is 0 Å². The van der Waals surface area contributed by atoms with Crippen LogP contribution in [0.2, 0.25) is 0 Å². The van der Waals surface area contributed by atoms with E-state index in [0.29, 0.717) is 0 Å². The molecule has 0 aromatic carbocycles. The summed E-state index contributed by atoms with van der Waals surface area (Å²) >= 11 is 0. The number of carbonyl (C=O) groups is 4. The molecule has 0 aliphatic heterocycles. The minimum Gasteiger partial charge on any atom is -0.481 e. The number of aliphatic carboxylic acids is 2. The van der Waals surface area contributed by atoms with E-state index >= 15 is 0 Å². The molecule has 32 heavy (non-hydrogen) atoms. The van der Waals surface area contributed by atoms with Crippen LogP contribution in [0.1, 0.15) is 13.8 Å². The topological polar surface area (TPSA) is 311 Å². The van der Waals surface area contributed by atoms with Gasteiger partial charge in [0, 0.05) is 13.8 Å². The molecule has 16 heteroatoms. The number of aliphatic hydroxyl groups is 10. The summed E-state index contributed by atoms with van der Waals surface area (Å²) in [6.45, 7) is 0.646. The second-order valence-electron chi connectivity index (χ2n) is 5.75. The molecule has 0 fully saturated rings. The van der Waals surface area contributed by atoms with Crippen LogP contribution < -0.4 is 0 Å². The first kappa shape index (κ1) is 37.2. The highest BCUT2D eigenvalue weighted by atomic mass is 16.4. The molecule has 0 amide bonds. The molecule has 0 rings (SSSR count). The first-order chi connectivity index (χ1) is 14.5. The number of aldehydes is 2. The van der Waals surface area contributed by atoms with E-state index in [1.807, 2.05) is 0 Å². The number of aliphatic hydroxyl groups excluding tert-OH is 10. The maximum atomic E-state index is 9.90. The molecule has 12 N–H and O–H groups in total. The molecule has 0 saturated heterocycles. The third-order valence-electron chi connectivity index (χ3n) is 2.84. The summed E-state index contributed by atoms with van der Waals surface area (Å²) in [5, 5.41) is 102. The largest absolute Gasteiger partial charge is 0.481 e. The van der Waals surface area contributed by atoms with Gasteiger partial charge in [-0.1, -0.05) is 0 Å². The van der Waals surface area contributed by atoms with Crippen LogP contribution in [-0.2, 0) is 19.2 Å². The summed E-state index contributed by atoms with van der Waals surface area (Å²) in [5.41, 5.74) is 0. The number of hydrogen-bond donors (Lipinski definition) is 12. The Morgan fingerprint density at radius 3 is 0.906 bits per heavy atom. The molecular formula is C16H32O16. The van der Waals surface area contributed by atoms with Gasteiger partial charge in [-0.2, -0.15) is 0 Å². The zero-order chi connectivity index (χ0) is 26.6. The van der Waals surface area contributed by atoms with E-state index < -0.39 is 74.0 Å². The van der Waals surface area contributed by atoms with Gasteiger partial charge in [-0.25, -0.2) is 0 Å². The number of hydrogen-bond acceptors (Lipinski definition) is 14. The minimum absolute atomic E-state index is 0.0258. The molecule has 0 aromatic rings. The lowest BCUT2D eigenvalue weighted by atomic mass is 10.0. The van der Waals surface area contributed by atoms with Crippen molar-refractivity contribution in [2.75, 3.05) is 13.2 Å². The Morgan fingerprint density at radius 1 is 0.594 bits per heavy atom. The average molecular weight is 480 g/mol. The Kier molecular flexibility index (Phi) is 25.7. The SMILES string of the molecule is CC(=O)O.CC(=O)O.O=CC(O)C(O)C(O)C(O)CO.O=CC(O)C(O)C(O)C(O)CO. The van der Waals surface area contributed by atoms with Gasteiger partial charge < -0.3 is 70.9 Å². The summed E-state index contributed by atoms with van der Waals surface area (Å²) in [5.74, 6) is -1.67. The molecule has 0 radical (unpaired) electrons. The molecular weight excluding hydrogens is 448 g/mol. The maximum Gasteiger partial charge on any atom is 0.300 e. The molecule has 8 unspecified atom stereocenters. The van der Waals surface area contributed by atoms with E-state index in [1.165, 1.54) is 0 Å². The van der Waals surface area contributed by atoms with Crippen molar-refractivity contribution in [1.82, 2.24) is 0 Å². The maximum absolute atomic E-state index is 9.90. The van der Waals surface area contributed by atoms with Crippen molar-refractivity contribution in [2.24, 2.45) is 0 Å². The lowest BCUT2D eigenvalue weighted by Crippen LogP contribution is -2.46. The summed E-state index contributed by atoms with van der Waals surface area (Å²) in [7, 11) is 0. The van der Waals surface area contributed by atoms with Crippen molar-refractivity contribution < 1.29 is 80.5 Å². The third kappa shape index (κ3) is 22.6. The average Bonchev–Trinajstić information content (AvgIpc) is 2.74. The van der Waals surface area contributed by atoms with Gasteiger partial charge in [0.15, 0.2) is 12.6 Å². The van der Waals surface area contributed by atoms with Crippen molar-refractivity contribution in [3.8, 4) is 0 Å². The third-order valence-corrected chi connectivity index (χ3v) is 2.84. The highest BCUT2D eigenvalue weighted by molar-refractivity contribution is 5.63. The van der Waals surface area contributed by atoms with E-state index in [-0.39, 0.29) is 12.6 Å². The molecule has 0 spiro atoms. The normalized spacial score (nSPS) is 17.4. The molecule has 0 bridgehead atoms. The predicted octanol–water partition coefficient (Wildman–Crippen LogP) is -6.58. The van der Waals surface area contributed by atoms with Crippen LogP contribution in [0.5, 0.6) is 0 Å². The lowest BCUT2D eigenvalue weighted by molar-refractivity contribution is -0.136. The number of carboxylic acid groups (broad SMARTS) is 2. The van der Waals surface area contributed by atoms with Crippen molar-refractivity contribution in [1.29, 1.82) is 0 Å². The fraction of sp³-hybridized carbons (Fsp3) is 0.750. The van der Waals surface area contributed by atoms with Crippen molar-refractivity contribution in [3.05, 3.63) is 0 Å². The first-order valence-electron chi connectivity index (χ1n) is 8.51. The Morgan fingerprint density at radius 2 is 0.781 bits per heavy atom. The Hall–Kier alpha value is -2.12. The van der Waals surface area contributed by atoms with Gasteiger partial charge in [0.25, 0.3) is 11.9 Å². The van der Waals surface area contributed by atoms with Crippen LogP contribution in [0.4, 0.5) is 0 Å². The monoisotopic (exact) mass is 480 g/mol. The van der Waals surface area contributed by atoms with Gasteiger partial charge in [-0.05, 0) is 0 Å². The quantitative estimate of drug-likeness (QED) is 0.129. The molecule has 8 atom stereocenters. The summed E-state index contributed by atoms with van der Waals surface area (Å²) in [6, 6.07) is 0. The first-order valence-corrected chi connectivity index (χ1v) is 8.51. The Labute approximate surface area is 181 Å². The number of rotatable bonds is 10. The fourth-order valence-corrected chi connectivity index (χ4v) is 1.24. The van der Waals surface area contributed by atoms with Gasteiger partial charge in [-0.15, -0.1) is 0 Å². The van der Waals surface area contributed by atoms with E-state index in [0.717, 1.165) is 13.8 Å². The fourth-order valence-electron chi connectivity index (χ4n) is 1.24. The van der Waals surface area contributed by atoms with Crippen LogP contribution in [-0.4, -0.2) is 148 Å². The van der Waals surface area contributed by atoms with Crippen LogP contribution in [0, 0.1) is 0 Å². The van der Waals surface area contributed by atoms with Gasteiger partial charge in [-0.3, -0.25) is 9.59 Å². The number of carboxylic acids is 2. The van der Waals surface area contributed by atoms with Crippen LogP contribution >= 0.6 is 0 Å². The second kappa shape index (κ2) is 22.1. The van der Waals surface area contributed by atoms with E-state index in [1.54, 1.807) is 0 Å². The van der Waals surface area contributed by atoms with Gasteiger partial charge in [0.2, 0.25) is 0 Å². The van der Waals surface area contributed by atoms with Crippen LogP contribution in [0.25, 0.3) is 0 Å². The number of carbonyl (C=O) groups excluding carboxylic acids is 2. The Balaban J connectivity index is -0.000000184. The molecule has 0 aliphatic rings. The molecule has 16 nitrogen and oxygen atoms in total. The van der Waals surface area contributed by atoms with Crippen molar-refractivity contribution in [3.63, 3.8) is 0 Å². The van der Waals surface area contributed by atoms with Crippen LogP contribution in [0.15, 0.2) is 0 Å². The molecule has 0 aromatic heterocycles. The summed E-state index contributed by atoms with van der Waals surface area (Å²) in [6.07, 6.45) is -13.7. The standard InChI is InChI=1S/2C6H12O6.2C2H4O2/c2*7-1-3(9)5(11)6(12)4(10)2-8;2*1-2(3)4/h2*1,3-6,8-12H,2H2;2*1H3,(H,3,4). The van der Waals surface area contributed by atoms with Gasteiger partial charge >= 0.3 is 0 Å². The van der Waals surface area contributed by atoms with Gasteiger partial charge in [0.05, 0.1) is 13.2 Å². The summed E-state index contributed by atoms with van der Waals surface area (Å²) in [4.78, 5) is 37.8. The Bertz CT molecular complexity index is 448. The zero-order valence-corrected chi connectivity index (χ0v) is 17.2. The van der Waals surface area contributed by atoms with Gasteiger partial charge in [0.1, 0.15) is 48.8 Å². The van der Waals surface area contributed by atoms with E-state index in [9.17, 15) is 9.59 Å². The minimum atomic E-state index is -1.79. The highest BCUT2D eigenvalue weighted by Crippen LogP contribution is 2.03. The predicted molar refractivity (Wildman–Crippen MR) is 101 cm³/mol. The molecule has 0 saturated carbocycles. The van der Waals surface area contributed by atoms with E-state index in [4.69, 9.17) is 70.9 Å². The molecule has 192 valence electrons. The van der Waals surface area contributed by atoms with Crippen LogP contribution in [0.3, 0.4) is 0 Å².